The molecule has 1 aliphatic rings. The summed E-state index contributed by atoms with van der Waals surface area (Å²) in [5.74, 6) is -0.745. The molecule has 0 radical (unpaired) electrons. The molecule has 4 nitrogen and oxygen atoms in total. The molecule has 0 bridgehead atoms. The minimum Gasteiger partial charge on any atom is -0.493 e. The summed E-state index contributed by atoms with van der Waals surface area (Å²) in [4.78, 5) is 14.8. The van der Waals surface area contributed by atoms with Crippen LogP contribution in [-0.4, -0.2) is 31.6 Å². The number of fused-ring (bicyclic) bond motifs is 1. The Morgan fingerprint density at radius 3 is 2.35 bits per heavy atom. The normalized spacial score (nSPS) is 15.4. The number of carbonyl (C=O) groups is 1. The van der Waals surface area contributed by atoms with Crippen molar-refractivity contribution in [3.8, 4) is 11.5 Å². The van der Waals surface area contributed by atoms with E-state index in [1.807, 2.05) is 6.07 Å². The van der Waals surface area contributed by atoms with Gasteiger partial charge in [0.05, 0.1) is 25.8 Å². The van der Waals surface area contributed by atoms with Crippen molar-refractivity contribution < 1.29 is 23.0 Å². The molecule has 1 aliphatic heterocycles. The molecular weight excluding hydrogens is 424 g/mol. The Kier molecular flexibility index (Phi) is 5.83. The summed E-state index contributed by atoms with van der Waals surface area (Å²) < 4.78 is 40.3. The highest BCUT2D eigenvalue weighted by Crippen LogP contribution is 2.44. The van der Waals surface area contributed by atoms with Crippen molar-refractivity contribution in [2.45, 2.75) is 12.5 Å². The predicted octanol–water partition coefficient (Wildman–Crippen LogP) is 5.42. The van der Waals surface area contributed by atoms with E-state index in [1.165, 1.54) is 49.5 Å². The Bertz CT molecular complexity index is 1130. The van der Waals surface area contributed by atoms with Crippen LogP contribution in [-0.2, 0) is 6.42 Å². The van der Waals surface area contributed by atoms with Gasteiger partial charge in [-0.2, -0.15) is 0 Å². The van der Waals surface area contributed by atoms with Crippen molar-refractivity contribution in [2.24, 2.45) is 0 Å². The molecule has 1 amide bonds. The van der Waals surface area contributed by atoms with Crippen LogP contribution in [0, 0.1) is 11.6 Å². The van der Waals surface area contributed by atoms with Crippen molar-refractivity contribution in [1.82, 2.24) is 4.90 Å². The first-order valence-electron chi connectivity index (χ1n) is 9.70. The number of amides is 1. The number of nitrogens with zero attached hydrogens (tertiary/aromatic N) is 1. The fourth-order valence-electron chi connectivity index (χ4n) is 4.04. The maximum Gasteiger partial charge on any atom is 0.257 e. The zero-order valence-electron chi connectivity index (χ0n) is 17.0. The first-order valence-corrected chi connectivity index (χ1v) is 10.1. The van der Waals surface area contributed by atoms with Crippen molar-refractivity contribution in [3.63, 3.8) is 0 Å². The average Bonchev–Trinajstić information content (AvgIpc) is 2.77. The number of hydrogen-bond donors (Lipinski definition) is 0. The number of benzene rings is 3. The maximum atomic E-state index is 15.0. The van der Waals surface area contributed by atoms with Gasteiger partial charge < -0.3 is 14.4 Å². The molecule has 0 saturated carbocycles. The molecule has 0 aromatic heterocycles. The van der Waals surface area contributed by atoms with Crippen molar-refractivity contribution in [3.05, 3.63) is 93.5 Å². The molecule has 0 spiro atoms. The second-order valence-corrected chi connectivity index (χ2v) is 7.58. The number of methoxy groups -OCH3 is 2. The SMILES string of the molecule is COc1cc2c(cc1OC)[C@H](c1c(F)cccc1Cl)N(C(=O)c1ccccc1F)CC2. The van der Waals surface area contributed by atoms with Gasteiger partial charge in [-0.25, -0.2) is 8.78 Å². The molecule has 7 heteroatoms. The Labute approximate surface area is 184 Å². The smallest absolute Gasteiger partial charge is 0.257 e. The van der Waals surface area contributed by atoms with E-state index in [-0.39, 0.29) is 22.7 Å². The topological polar surface area (TPSA) is 38.8 Å². The molecule has 0 aliphatic carbocycles. The standard InChI is InChI=1S/C24H20ClF2NO3/c1-30-20-12-14-10-11-28(24(29)15-6-3-4-8-18(15)26)23(16(14)13-21(20)31-2)22-17(25)7-5-9-19(22)27/h3-9,12-13,23H,10-11H2,1-2H3/t23-/m1/s1. The van der Waals surface area contributed by atoms with E-state index in [9.17, 15) is 9.18 Å². The lowest BCUT2D eigenvalue weighted by molar-refractivity contribution is 0.0687. The molecular formula is C24H20ClF2NO3. The molecule has 4 rings (SSSR count). The molecule has 0 fully saturated rings. The first-order chi connectivity index (χ1) is 15.0. The van der Waals surface area contributed by atoms with Crippen LogP contribution in [0.25, 0.3) is 0 Å². The third kappa shape index (κ3) is 3.72. The van der Waals surface area contributed by atoms with Gasteiger partial charge >= 0.3 is 0 Å². The van der Waals surface area contributed by atoms with Crippen molar-refractivity contribution in [1.29, 1.82) is 0 Å². The van der Waals surface area contributed by atoms with E-state index in [0.29, 0.717) is 23.5 Å². The highest BCUT2D eigenvalue weighted by molar-refractivity contribution is 6.31. The molecule has 31 heavy (non-hydrogen) atoms. The van der Waals surface area contributed by atoms with Gasteiger partial charge in [-0.15, -0.1) is 0 Å². The van der Waals surface area contributed by atoms with E-state index >= 15 is 4.39 Å². The molecule has 1 heterocycles. The zero-order valence-corrected chi connectivity index (χ0v) is 17.7. The van der Waals surface area contributed by atoms with Gasteiger partial charge in [0.15, 0.2) is 11.5 Å². The van der Waals surface area contributed by atoms with E-state index in [1.54, 1.807) is 18.2 Å². The summed E-state index contributed by atoms with van der Waals surface area (Å²) in [7, 11) is 3.03. The summed E-state index contributed by atoms with van der Waals surface area (Å²) in [5.41, 5.74) is 1.60. The molecule has 3 aromatic carbocycles. The number of halogens is 3. The van der Waals surface area contributed by atoms with Crippen LogP contribution in [0.1, 0.15) is 33.1 Å². The second-order valence-electron chi connectivity index (χ2n) is 7.17. The maximum absolute atomic E-state index is 15.0. The zero-order chi connectivity index (χ0) is 22.1. The summed E-state index contributed by atoms with van der Waals surface area (Å²) in [6, 6.07) is 12.8. The molecule has 0 unspecified atom stereocenters. The van der Waals surface area contributed by atoms with Gasteiger partial charge in [-0.1, -0.05) is 29.8 Å². The number of rotatable bonds is 4. The molecule has 0 saturated heterocycles. The van der Waals surface area contributed by atoms with Crippen LogP contribution in [0.5, 0.6) is 11.5 Å². The fraction of sp³-hybridized carbons (Fsp3) is 0.208. The lowest BCUT2D eigenvalue weighted by Crippen LogP contribution is -2.41. The van der Waals surface area contributed by atoms with Crippen LogP contribution in [0.3, 0.4) is 0 Å². The Morgan fingerprint density at radius 2 is 1.68 bits per heavy atom. The minimum absolute atomic E-state index is 0.0797. The summed E-state index contributed by atoms with van der Waals surface area (Å²) in [6.07, 6.45) is 0.485. The highest BCUT2D eigenvalue weighted by atomic mass is 35.5. The van der Waals surface area contributed by atoms with Crippen LogP contribution in [0.2, 0.25) is 5.02 Å². The van der Waals surface area contributed by atoms with Crippen molar-refractivity contribution in [2.75, 3.05) is 20.8 Å². The molecule has 1 atom stereocenters. The molecule has 160 valence electrons. The van der Waals surface area contributed by atoms with Crippen LogP contribution < -0.4 is 9.47 Å². The van der Waals surface area contributed by atoms with Gasteiger partial charge in [0, 0.05) is 17.1 Å². The number of ether oxygens (including phenoxy) is 2. The van der Waals surface area contributed by atoms with E-state index < -0.39 is 23.6 Å². The third-order valence-corrected chi connectivity index (χ3v) is 5.84. The van der Waals surface area contributed by atoms with Gasteiger partial charge in [0.25, 0.3) is 5.91 Å². The monoisotopic (exact) mass is 443 g/mol. The Balaban J connectivity index is 1.93. The lowest BCUT2D eigenvalue weighted by Gasteiger charge is -2.38. The van der Waals surface area contributed by atoms with Crippen LogP contribution >= 0.6 is 11.6 Å². The van der Waals surface area contributed by atoms with Gasteiger partial charge in [-0.3, -0.25) is 4.79 Å². The minimum atomic E-state index is -0.857. The van der Waals surface area contributed by atoms with Gasteiger partial charge in [0.2, 0.25) is 0 Å². The van der Waals surface area contributed by atoms with E-state index in [4.69, 9.17) is 21.1 Å². The quantitative estimate of drug-likeness (QED) is 0.540. The predicted molar refractivity (Wildman–Crippen MR) is 114 cm³/mol. The van der Waals surface area contributed by atoms with Crippen LogP contribution in [0.15, 0.2) is 54.6 Å². The first kappa shape index (κ1) is 21.1. The third-order valence-electron chi connectivity index (χ3n) is 5.51. The Morgan fingerprint density at radius 1 is 1.00 bits per heavy atom. The van der Waals surface area contributed by atoms with E-state index in [0.717, 1.165) is 5.56 Å². The van der Waals surface area contributed by atoms with Gasteiger partial charge in [-0.05, 0) is 53.9 Å². The highest BCUT2D eigenvalue weighted by Gasteiger charge is 2.37. The van der Waals surface area contributed by atoms with Crippen LogP contribution in [0.4, 0.5) is 8.78 Å². The summed E-state index contributed by atoms with van der Waals surface area (Å²) in [6.45, 7) is 0.255. The fourth-order valence-corrected chi connectivity index (χ4v) is 4.30. The van der Waals surface area contributed by atoms with Crippen molar-refractivity contribution >= 4 is 17.5 Å². The molecule has 0 N–H and O–H groups in total. The van der Waals surface area contributed by atoms with E-state index in [2.05, 4.69) is 0 Å². The largest absolute Gasteiger partial charge is 0.493 e. The lowest BCUT2D eigenvalue weighted by atomic mass is 9.86. The summed E-state index contributed by atoms with van der Waals surface area (Å²) in [5, 5.41) is 0.180. The average molecular weight is 444 g/mol. The summed E-state index contributed by atoms with van der Waals surface area (Å²) >= 11 is 6.40. The molecule has 3 aromatic rings. The van der Waals surface area contributed by atoms with Gasteiger partial charge in [0.1, 0.15) is 11.6 Å². The Hall–Kier alpha value is -3.12. The number of hydrogen-bond acceptors (Lipinski definition) is 3. The number of carbonyl (C=O) groups excluding carboxylic acids is 1. The second kappa shape index (κ2) is 8.55.